The molecular formula is C24H26FN7S. The van der Waals surface area contributed by atoms with Gasteiger partial charge in [-0.1, -0.05) is 13.8 Å². The third-order valence-electron chi connectivity index (χ3n) is 5.67. The van der Waals surface area contributed by atoms with Gasteiger partial charge in [-0.05, 0) is 64.2 Å². The van der Waals surface area contributed by atoms with Crippen LogP contribution < -0.4 is 11.1 Å². The highest BCUT2D eigenvalue weighted by Gasteiger charge is 2.19. The van der Waals surface area contributed by atoms with Gasteiger partial charge in [0, 0.05) is 36.6 Å². The van der Waals surface area contributed by atoms with Crippen molar-refractivity contribution < 1.29 is 4.39 Å². The molecule has 0 saturated heterocycles. The Hall–Kier alpha value is -3.30. The van der Waals surface area contributed by atoms with Gasteiger partial charge in [0.15, 0.2) is 17.0 Å². The molecule has 0 saturated carbocycles. The molecule has 170 valence electrons. The Morgan fingerprint density at radius 1 is 1.21 bits per heavy atom. The quantitative estimate of drug-likeness (QED) is 0.231. The SMILES string of the molecule is CC(C)CNCCn1c(Cc2cc3ccsc3cc2-c2cc[nH]c2)nc2c(N)nc(F)nc21. The highest BCUT2D eigenvalue weighted by molar-refractivity contribution is 7.17. The van der Waals surface area contributed by atoms with E-state index in [-0.39, 0.29) is 5.82 Å². The fourth-order valence-electron chi connectivity index (χ4n) is 4.12. The lowest BCUT2D eigenvalue weighted by Gasteiger charge is -2.13. The Morgan fingerprint density at radius 3 is 2.88 bits per heavy atom. The van der Waals surface area contributed by atoms with Crippen molar-refractivity contribution in [3.63, 3.8) is 0 Å². The van der Waals surface area contributed by atoms with Crippen LogP contribution in [0.3, 0.4) is 0 Å². The number of rotatable bonds is 8. The van der Waals surface area contributed by atoms with Gasteiger partial charge in [0.1, 0.15) is 5.82 Å². The molecule has 5 rings (SSSR count). The molecular weight excluding hydrogens is 437 g/mol. The maximum atomic E-state index is 14.0. The number of benzene rings is 1. The minimum absolute atomic E-state index is 0.0618. The zero-order valence-corrected chi connectivity index (χ0v) is 19.4. The van der Waals surface area contributed by atoms with E-state index in [0.717, 1.165) is 35.6 Å². The summed E-state index contributed by atoms with van der Waals surface area (Å²) in [5.74, 6) is 1.39. The third-order valence-corrected chi connectivity index (χ3v) is 6.55. The molecule has 4 aromatic heterocycles. The first-order valence-corrected chi connectivity index (χ1v) is 11.9. The van der Waals surface area contributed by atoms with Crippen LogP contribution in [0.1, 0.15) is 25.2 Å². The van der Waals surface area contributed by atoms with Crippen LogP contribution in [-0.2, 0) is 13.0 Å². The highest BCUT2D eigenvalue weighted by Crippen LogP contribution is 2.33. The highest BCUT2D eigenvalue weighted by atomic mass is 32.1. The molecule has 0 fully saturated rings. The molecule has 0 atom stereocenters. The molecule has 5 aromatic rings. The van der Waals surface area contributed by atoms with E-state index in [1.807, 2.05) is 17.0 Å². The number of hydrogen-bond acceptors (Lipinski definition) is 6. The Kier molecular flexibility index (Phi) is 5.82. The largest absolute Gasteiger partial charge is 0.382 e. The van der Waals surface area contributed by atoms with Crippen molar-refractivity contribution in [2.24, 2.45) is 5.92 Å². The van der Waals surface area contributed by atoms with Gasteiger partial charge in [-0.2, -0.15) is 14.4 Å². The molecule has 33 heavy (non-hydrogen) atoms. The first kappa shape index (κ1) is 21.5. The van der Waals surface area contributed by atoms with Gasteiger partial charge in [0.05, 0.1) is 0 Å². The van der Waals surface area contributed by atoms with Crippen molar-refractivity contribution in [1.29, 1.82) is 0 Å². The van der Waals surface area contributed by atoms with E-state index in [1.165, 1.54) is 10.1 Å². The molecule has 0 spiro atoms. The molecule has 9 heteroatoms. The lowest BCUT2D eigenvalue weighted by molar-refractivity contribution is 0.517. The predicted molar refractivity (Wildman–Crippen MR) is 132 cm³/mol. The number of anilines is 1. The lowest BCUT2D eigenvalue weighted by atomic mass is 9.98. The summed E-state index contributed by atoms with van der Waals surface area (Å²) in [5, 5.41) is 6.74. The summed E-state index contributed by atoms with van der Waals surface area (Å²) < 4.78 is 17.2. The van der Waals surface area contributed by atoms with Gasteiger partial charge >= 0.3 is 6.08 Å². The Morgan fingerprint density at radius 2 is 2.09 bits per heavy atom. The van der Waals surface area contributed by atoms with E-state index in [4.69, 9.17) is 10.7 Å². The third kappa shape index (κ3) is 4.34. The average Bonchev–Trinajstić information content (AvgIpc) is 3.51. The number of nitrogens with one attached hydrogen (secondary N) is 2. The number of hydrogen-bond donors (Lipinski definition) is 3. The van der Waals surface area contributed by atoms with Crippen molar-refractivity contribution >= 4 is 38.4 Å². The second-order valence-corrected chi connectivity index (χ2v) is 9.52. The molecule has 0 aliphatic heterocycles. The summed E-state index contributed by atoms with van der Waals surface area (Å²) in [6.45, 7) is 6.56. The number of aromatic amines is 1. The van der Waals surface area contributed by atoms with Gasteiger partial charge in [0.2, 0.25) is 0 Å². The second kappa shape index (κ2) is 8.92. The lowest BCUT2D eigenvalue weighted by Crippen LogP contribution is -2.25. The standard InChI is InChI=1S/C24H26FN7S/c1-14(2)12-28-6-7-32-20(29-21-22(26)30-24(25)31-23(21)32)10-17-9-15-4-8-33-19(15)11-18(17)16-3-5-27-13-16/h3-5,8-9,11,13-14,27-28H,6-7,10,12H2,1-2H3,(H2,26,30,31). The number of nitrogens with two attached hydrogens (primary N) is 1. The average molecular weight is 464 g/mol. The van der Waals surface area contributed by atoms with Crippen molar-refractivity contribution in [1.82, 2.24) is 29.8 Å². The molecule has 0 unspecified atom stereocenters. The minimum Gasteiger partial charge on any atom is -0.382 e. The van der Waals surface area contributed by atoms with Gasteiger partial charge in [-0.25, -0.2) is 4.98 Å². The topological polar surface area (TPSA) is 97.4 Å². The maximum Gasteiger partial charge on any atom is 0.312 e. The van der Waals surface area contributed by atoms with Crippen molar-refractivity contribution in [2.45, 2.75) is 26.8 Å². The van der Waals surface area contributed by atoms with E-state index >= 15 is 0 Å². The summed E-state index contributed by atoms with van der Waals surface area (Å²) in [4.78, 5) is 15.6. The van der Waals surface area contributed by atoms with Gasteiger partial charge < -0.3 is 20.6 Å². The monoisotopic (exact) mass is 463 g/mol. The summed E-state index contributed by atoms with van der Waals surface area (Å²) in [6.07, 6.45) is 3.64. The molecule has 0 bridgehead atoms. The first-order valence-electron chi connectivity index (χ1n) is 11.0. The Bertz CT molecular complexity index is 1400. The minimum atomic E-state index is -0.837. The Balaban J connectivity index is 1.58. The molecule has 4 N–H and O–H groups in total. The Labute approximate surface area is 194 Å². The number of H-pyrrole nitrogens is 1. The second-order valence-electron chi connectivity index (χ2n) is 8.57. The van der Waals surface area contributed by atoms with E-state index in [2.05, 4.69) is 63.8 Å². The molecule has 1 aromatic carbocycles. The van der Waals surface area contributed by atoms with Crippen LogP contribution in [0.25, 0.3) is 32.4 Å². The van der Waals surface area contributed by atoms with Crippen LogP contribution in [0.5, 0.6) is 0 Å². The fraction of sp³-hybridized carbons (Fsp3) is 0.292. The van der Waals surface area contributed by atoms with Crippen molar-refractivity contribution in [3.05, 3.63) is 59.5 Å². The number of nitrogen functional groups attached to an aromatic ring is 1. The normalized spacial score (nSPS) is 11.9. The number of thiophene rings is 1. The fourth-order valence-corrected chi connectivity index (χ4v) is 4.93. The number of halogens is 1. The summed E-state index contributed by atoms with van der Waals surface area (Å²) in [7, 11) is 0. The molecule has 7 nitrogen and oxygen atoms in total. The molecule has 0 aliphatic rings. The van der Waals surface area contributed by atoms with E-state index < -0.39 is 6.08 Å². The summed E-state index contributed by atoms with van der Waals surface area (Å²) in [6, 6.07) is 8.63. The summed E-state index contributed by atoms with van der Waals surface area (Å²) >= 11 is 1.72. The van der Waals surface area contributed by atoms with E-state index in [1.54, 1.807) is 11.3 Å². The smallest absolute Gasteiger partial charge is 0.312 e. The van der Waals surface area contributed by atoms with E-state index in [9.17, 15) is 4.39 Å². The van der Waals surface area contributed by atoms with Gasteiger partial charge in [-0.3, -0.25) is 0 Å². The summed E-state index contributed by atoms with van der Waals surface area (Å²) in [5.41, 5.74) is 10.3. The van der Waals surface area contributed by atoms with Crippen LogP contribution in [0, 0.1) is 12.0 Å². The van der Waals surface area contributed by atoms with Gasteiger partial charge in [0.25, 0.3) is 0 Å². The molecule has 0 amide bonds. The van der Waals surface area contributed by atoms with Gasteiger partial charge in [-0.15, -0.1) is 11.3 Å². The van der Waals surface area contributed by atoms with Crippen LogP contribution >= 0.6 is 11.3 Å². The number of fused-ring (bicyclic) bond motifs is 2. The van der Waals surface area contributed by atoms with Crippen LogP contribution in [0.2, 0.25) is 0 Å². The van der Waals surface area contributed by atoms with Crippen LogP contribution in [-0.4, -0.2) is 37.6 Å². The number of aromatic nitrogens is 5. The van der Waals surface area contributed by atoms with Crippen molar-refractivity contribution in [2.75, 3.05) is 18.8 Å². The van der Waals surface area contributed by atoms with E-state index in [0.29, 0.717) is 30.0 Å². The zero-order valence-electron chi connectivity index (χ0n) is 18.6. The molecule has 4 heterocycles. The van der Waals surface area contributed by atoms with Crippen LogP contribution in [0.15, 0.2) is 42.0 Å². The number of imidazole rings is 1. The number of nitrogens with zero attached hydrogens (tertiary/aromatic N) is 4. The van der Waals surface area contributed by atoms with Crippen LogP contribution in [0.4, 0.5) is 10.2 Å². The molecule has 0 radical (unpaired) electrons. The maximum absolute atomic E-state index is 14.0. The predicted octanol–water partition coefficient (Wildman–Crippen LogP) is 4.59. The molecule has 0 aliphatic carbocycles. The van der Waals surface area contributed by atoms with Crippen molar-refractivity contribution in [3.8, 4) is 11.1 Å². The first-order chi connectivity index (χ1) is 16.0. The zero-order chi connectivity index (χ0) is 22.9.